The number of carbonyl (C=O) groups is 1. The molecule has 0 spiro atoms. The number of carbonyl (C=O) groups excluding carboxylic acids is 1. The largest absolute Gasteiger partial charge is 0.497 e. The number of aliphatic hydroxyl groups excluding tert-OH is 1. The van der Waals surface area contributed by atoms with Crippen molar-refractivity contribution >= 4 is 11.6 Å². The monoisotopic (exact) mass is 292 g/mol. The lowest BCUT2D eigenvalue weighted by molar-refractivity contribution is -0.115. The van der Waals surface area contributed by atoms with E-state index in [2.05, 4.69) is 10.6 Å². The lowest BCUT2D eigenvalue weighted by Gasteiger charge is -2.26. The van der Waals surface area contributed by atoms with Crippen LogP contribution in [0.3, 0.4) is 0 Å². The van der Waals surface area contributed by atoms with Crippen molar-refractivity contribution in [1.29, 1.82) is 0 Å². The molecule has 0 saturated heterocycles. The molecule has 1 aliphatic rings. The van der Waals surface area contributed by atoms with Crippen molar-refractivity contribution in [1.82, 2.24) is 5.32 Å². The molecule has 0 radical (unpaired) electrons. The van der Waals surface area contributed by atoms with E-state index in [0.717, 1.165) is 24.3 Å². The number of nitrogens with one attached hydrogen (secondary N) is 2. The zero-order valence-electron chi connectivity index (χ0n) is 12.5. The minimum atomic E-state index is -0.0775. The molecule has 5 nitrogen and oxygen atoms in total. The molecule has 116 valence electrons. The Labute approximate surface area is 125 Å². The van der Waals surface area contributed by atoms with Crippen molar-refractivity contribution < 1.29 is 14.6 Å². The van der Waals surface area contributed by atoms with Crippen LogP contribution in [0.2, 0.25) is 0 Å². The van der Waals surface area contributed by atoms with Crippen LogP contribution in [-0.2, 0) is 4.79 Å². The van der Waals surface area contributed by atoms with Crippen LogP contribution in [0.5, 0.6) is 5.75 Å². The molecule has 3 N–H and O–H groups in total. The second kappa shape index (κ2) is 7.43. The second-order valence-corrected chi connectivity index (χ2v) is 5.75. The molecule has 5 heteroatoms. The number of aliphatic hydroxyl groups is 1. The minimum absolute atomic E-state index is 0.0274. The van der Waals surface area contributed by atoms with E-state index in [4.69, 9.17) is 4.74 Å². The molecule has 1 aromatic rings. The van der Waals surface area contributed by atoms with Gasteiger partial charge in [0.2, 0.25) is 5.91 Å². The molecule has 0 unspecified atom stereocenters. The molecule has 1 fully saturated rings. The highest BCUT2D eigenvalue weighted by Crippen LogP contribution is 2.36. The van der Waals surface area contributed by atoms with Gasteiger partial charge in [0.1, 0.15) is 5.75 Å². The Morgan fingerprint density at radius 2 is 1.95 bits per heavy atom. The first-order valence-corrected chi connectivity index (χ1v) is 7.43. The van der Waals surface area contributed by atoms with Gasteiger partial charge < -0.3 is 20.5 Å². The highest BCUT2D eigenvalue weighted by Gasteiger charge is 2.32. The quantitative estimate of drug-likeness (QED) is 0.716. The van der Waals surface area contributed by atoms with Crippen molar-refractivity contribution in [2.75, 3.05) is 32.1 Å². The normalized spacial score (nSPS) is 16.7. The summed E-state index contributed by atoms with van der Waals surface area (Å²) < 4.78 is 5.07. The van der Waals surface area contributed by atoms with E-state index in [0.29, 0.717) is 6.54 Å². The standard InChI is InChI=1S/C16H24N2O3/c1-21-14-6-4-13(5-7-14)18-15(20)10-17-11-16(12-19)8-2-3-9-16/h4-7,17,19H,2-3,8-12H2,1H3,(H,18,20). The summed E-state index contributed by atoms with van der Waals surface area (Å²) in [4.78, 5) is 11.9. The van der Waals surface area contributed by atoms with Crippen LogP contribution in [0.15, 0.2) is 24.3 Å². The van der Waals surface area contributed by atoms with Gasteiger partial charge in [-0.1, -0.05) is 12.8 Å². The smallest absolute Gasteiger partial charge is 0.238 e. The first-order valence-electron chi connectivity index (χ1n) is 7.43. The van der Waals surface area contributed by atoms with E-state index in [1.54, 1.807) is 7.11 Å². The van der Waals surface area contributed by atoms with Gasteiger partial charge in [-0.25, -0.2) is 0 Å². The van der Waals surface area contributed by atoms with E-state index >= 15 is 0 Å². The van der Waals surface area contributed by atoms with Gasteiger partial charge in [0.25, 0.3) is 0 Å². The Morgan fingerprint density at radius 3 is 2.52 bits per heavy atom. The molecule has 1 amide bonds. The first-order chi connectivity index (χ1) is 10.2. The molecule has 1 saturated carbocycles. The molecule has 21 heavy (non-hydrogen) atoms. The summed E-state index contributed by atoms with van der Waals surface area (Å²) in [6.45, 7) is 1.15. The maximum absolute atomic E-state index is 11.9. The van der Waals surface area contributed by atoms with Gasteiger partial charge in [0.05, 0.1) is 13.7 Å². The number of rotatable bonds is 7. The van der Waals surface area contributed by atoms with Crippen LogP contribution < -0.4 is 15.4 Å². The van der Waals surface area contributed by atoms with Crippen molar-refractivity contribution in [3.8, 4) is 5.75 Å². The summed E-state index contributed by atoms with van der Waals surface area (Å²) in [5.74, 6) is 0.684. The number of hydrogen-bond acceptors (Lipinski definition) is 4. The van der Waals surface area contributed by atoms with Crippen LogP contribution in [0, 0.1) is 5.41 Å². The van der Waals surface area contributed by atoms with Crippen molar-refractivity contribution in [3.05, 3.63) is 24.3 Å². The van der Waals surface area contributed by atoms with Crippen LogP contribution in [0.25, 0.3) is 0 Å². The number of anilines is 1. The minimum Gasteiger partial charge on any atom is -0.497 e. The summed E-state index contributed by atoms with van der Waals surface area (Å²) >= 11 is 0. The van der Waals surface area contributed by atoms with Crippen molar-refractivity contribution in [2.24, 2.45) is 5.41 Å². The highest BCUT2D eigenvalue weighted by molar-refractivity contribution is 5.92. The van der Waals surface area contributed by atoms with Crippen LogP contribution in [0.4, 0.5) is 5.69 Å². The fraction of sp³-hybridized carbons (Fsp3) is 0.562. The van der Waals surface area contributed by atoms with Gasteiger partial charge in [-0.15, -0.1) is 0 Å². The first kappa shape index (κ1) is 15.8. The third-order valence-electron chi connectivity index (χ3n) is 4.16. The van der Waals surface area contributed by atoms with Crippen LogP contribution in [-0.4, -0.2) is 37.8 Å². The van der Waals surface area contributed by atoms with Crippen molar-refractivity contribution in [3.63, 3.8) is 0 Å². The fourth-order valence-corrected chi connectivity index (χ4v) is 2.84. The third kappa shape index (κ3) is 4.44. The molecular formula is C16H24N2O3. The number of amides is 1. The van der Waals surface area contributed by atoms with E-state index in [-0.39, 0.29) is 24.5 Å². The highest BCUT2D eigenvalue weighted by atomic mass is 16.5. The SMILES string of the molecule is COc1ccc(NC(=O)CNCC2(CO)CCCC2)cc1. The summed E-state index contributed by atoms with van der Waals surface area (Å²) in [6, 6.07) is 7.23. The van der Waals surface area contributed by atoms with E-state index in [1.807, 2.05) is 24.3 Å². The summed E-state index contributed by atoms with van der Waals surface area (Å²) in [7, 11) is 1.61. The Bertz CT molecular complexity index is 453. The van der Waals surface area contributed by atoms with Gasteiger partial charge in [-0.3, -0.25) is 4.79 Å². The average Bonchev–Trinajstić information content (AvgIpc) is 2.97. The Balaban J connectivity index is 1.74. The number of benzene rings is 1. The van der Waals surface area contributed by atoms with Gasteiger partial charge in [0.15, 0.2) is 0 Å². The molecule has 0 bridgehead atoms. The zero-order valence-corrected chi connectivity index (χ0v) is 12.5. The van der Waals surface area contributed by atoms with Crippen LogP contribution in [0.1, 0.15) is 25.7 Å². The zero-order chi connectivity index (χ0) is 15.1. The molecule has 0 atom stereocenters. The van der Waals surface area contributed by atoms with E-state index in [9.17, 15) is 9.90 Å². The van der Waals surface area contributed by atoms with Crippen LogP contribution >= 0.6 is 0 Å². The molecule has 1 aliphatic carbocycles. The second-order valence-electron chi connectivity index (χ2n) is 5.75. The molecule has 0 heterocycles. The van der Waals surface area contributed by atoms with E-state index < -0.39 is 0 Å². The van der Waals surface area contributed by atoms with E-state index in [1.165, 1.54) is 12.8 Å². The Hall–Kier alpha value is -1.59. The predicted molar refractivity (Wildman–Crippen MR) is 82.5 cm³/mol. The lowest BCUT2D eigenvalue weighted by Crippen LogP contribution is -2.38. The molecular weight excluding hydrogens is 268 g/mol. The predicted octanol–water partition coefficient (Wildman–Crippen LogP) is 1.78. The lowest BCUT2D eigenvalue weighted by atomic mass is 9.87. The molecule has 0 aliphatic heterocycles. The number of ether oxygens (including phenoxy) is 1. The number of hydrogen-bond donors (Lipinski definition) is 3. The van der Waals surface area contributed by atoms with Gasteiger partial charge in [-0.05, 0) is 37.1 Å². The topological polar surface area (TPSA) is 70.6 Å². The average molecular weight is 292 g/mol. The summed E-state index contributed by atoms with van der Waals surface area (Å²) in [6.07, 6.45) is 4.41. The van der Waals surface area contributed by atoms with Gasteiger partial charge >= 0.3 is 0 Å². The Kier molecular flexibility index (Phi) is 5.59. The summed E-state index contributed by atoms with van der Waals surface area (Å²) in [5, 5.41) is 15.5. The maximum atomic E-state index is 11.9. The fourth-order valence-electron chi connectivity index (χ4n) is 2.84. The summed E-state index contributed by atoms with van der Waals surface area (Å²) in [5.41, 5.74) is 0.723. The third-order valence-corrected chi connectivity index (χ3v) is 4.16. The van der Waals surface area contributed by atoms with Gasteiger partial charge in [0, 0.05) is 24.3 Å². The number of methoxy groups -OCH3 is 1. The van der Waals surface area contributed by atoms with Crippen molar-refractivity contribution in [2.45, 2.75) is 25.7 Å². The Morgan fingerprint density at radius 1 is 1.29 bits per heavy atom. The molecule has 0 aromatic heterocycles. The molecule has 2 rings (SSSR count). The maximum Gasteiger partial charge on any atom is 0.238 e. The van der Waals surface area contributed by atoms with Gasteiger partial charge in [-0.2, -0.15) is 0 Å². The molecule has 1 aromatic carbocycles.